The molecule has 1 aromatic carbocycles. The minimum Gasteiger partial charge on any atom is -0.493 e. The summed E-state index contributed by atoms with van der Waals surface area (Å²) in [5, 5.41) is 8.69. The highest BCUT2D eigenvalue weighted by Gasteiger charge is 2.20. The van der Waals surface area contributed by atoms with Crippen LogP contribution < -0.4 is 15.2 Å². The van der Waals surface area contributed by atoms with E-state index >= 15 is 0 Å². The maximum atomic E-state index is 10.9. The fraction of sp³-hybridized carbons (Fsp3) is 0.111. The van der Waals surface area contributed by atoms with Crippen LogP contribution in [0.2, 0.25) is 0 Å². The number of fused-ring (bicyclic) bond motifs is 1. The van der Waals surface area contributed by atoms with Gasteiger partial charge >= 0.3 is 5.97 Å². The summed E-state index contributed by atoms with van der Waals surface area (Å²) < 4.78 is 10.00. The number of hydrogen-bond donors (Lipinski definition) is 2. The van der Waals surface area contributed by atoms with Gasteiger partial charge in [0, 0.05) is 0 Å². The first kappa shape index (κ1) is 17.1. The van der Waals surface area contributed by atoms with E-state index in [0.717, 1.165) is 11.1 Å². The van der Waals surface area contributed by atoms with Gasteiger partial charge in [0.1, 0.15) is 0 Å². The molecule has 3 rings (SSSR count). The largest absolute Gasteiger partial charge is 0.493 e. The molecule has 1 amide bonds. The first-order chi connectivity index (χ1) is 11.5. The Morgan fingerprint density at radius 3 is 2.42 bits per heavy atom. The number of benzene rings is 1. The molecule has 0 spiro atoms. The highest BCUT2D eigenvalue weighted by Crippen LogP contribution is 2.31. The van der Waals surface area contributed by atoms with Crippen LogP contribution in [0.1, 0.15) is 10.4 Å². The molecule has 0 aromatic heterocycles. The van der Waals surface area contributed by atoms with Crippen molar-refractivity contribution in [1.82, 2.24) is 0 Å². The van der Waals surface area contributed by atoms with Gasteiger partial charge in [-0.3, -0.25) is 4.79 Å². The maximum Gasteiger partial charge on any atom is 0.336 e. The van der Waals surface area contributed by atoms with E-state index in [9.17, 15) is 9.59 Å². The van der Waals surface area contributed by atoms with E-state index in [1.54, 1.807) is 24.3 Å². The Hall–Kier alpha value is -3.28. The Labute approximate surface area is 139 Å². The van der Waals surface area contributed by atoms with Crippen molar-refractivity contribution < 1.29 is 24.2 Å². The third kappa shape index (κ3) is 3.38. The molecule has 0 fully saturated rings. The Bertz CT molecular complexity index is 800. The van der Waals surface area contributed by atoms with Gasteiger partial charge in [0.2, 0.25) is 0 Å². The third-order valence-corrected chi connectivity index (χ3v) is 3.47. The third-order valence-electron chi connectivity index (χ3n) is 3.47. The van der Waals surface area contributed by atoms with Crippen LogP contribution in [0.5, 0.6) is 11.5 Å². The summed E-state index contributed by atoms with van der Waals surface area (Å²) in [4.78, 5) is 21.5. The Kier molecular flexibility index (Phi) is 5.21. The fourth-order valence-corrected chi connectivity index (χ4v) is 2.36. The number of allylic oxidation sites excluding steroid dienone is 6. The molecule has 1 aromatic rings. The van der Waals surface area contributed by atoms with Crippen molar-refractivity contribution in [2.75, 3.05) is 14.2 Å². The van der Waals surface area contributed by atoms with E-state index < -0.39 is 11.9 Å². The van der Waals surface area contributed by atoms with Crippen molar-refractivity contribution in [3.05, 3.63) is 70.9 Å². The van der Waals surface area contributed by atoms with E-state index in [2.05, 4.69) is 0 Å². The number of carbonyl (C=O) groups is 2. The number of ether oxygens (including phenoxy) is 2. The molecular weight excluding hydrogens is 310 g/mol. The summed E-state index contributed by atoms with van der Waals surface area (Å²) in [5.74, 6) is -0.516. The smallest absolute Gasteiger partial charge is 0.336 e. The lowest BCUT2D eigenvalue weighted by Crippen LogP contribution is -2.12. The molecule has 6 heteroatoms. The molecule has 0 heterocycles. The van der Waals surface area contributed by atoms with Crippen LogP contribution >= 0.6 is 0 Å². The van der Waals surface area contributed by atoms with E-state index in [1.807, 2.05) is 24.3 Å². The molecule has 6 nitrogen and oxygen atoms in total. The lowest BCUT2D eigenvalue weighted by Gasteiger charge is -2.09. The molecule has 124 valence electrons. The molecule has 0 saturated heterocycles. The van der Waals surface area contributed by atoms with Crippen LogP contribution in [0.25, 0.3) is 0 Å². The van der Waals surface area contributed by atoms with Crippen molar-refractivity contribution in [2.24, 2.45) is 5.73 Å². The molecule has 0 atom stereocenters. The van der Waals surface area contributed by atoms with Gasteiger partial charge < -0.3 is 20.3 Å². The number of para-hydroxylation sites is 1. The summed E-state index contributed by atoms with van der Waals surface area (Å²) in [6.45, 7) is 0. The number of amides is 1. The molecule has 2 aliphatic rings. The Morgan fingerprint density at radius 1 is 1.08 bits per heavy atom. The molecule has 0 saturated carbocycles. The number of aliphatic carboxylic acids is 1. The maximum absolute atomic E-state index is 10.9. The number of nitrogens with two attached hydrogens (primary N) is 1. The lowest BCUT2D eigenvalue weighted by molar-refractivity contribution is -0.132. The predicted octanol–water partition coefficient (Wildman–Crippen LogP) is 2.24. The van der Waals surface area contributed by atoms with Crippen molar-refractivity contribution in [3.63, 3.8) is 0 Å². The summed E-state index contributed by atoms with van der Waals surface area (Å²) in [6.07, 6.45) is 9.03. The van der Waals surface area contributed by atoms with Crippen LogP contribution in [-0.4, -0.2) is 31.2 Å². The number of methoxy groups -OCH3 is 2. The second-order valence-corrected chi connectivity index (χ2v) is 4.85. The second-order valence-electron chi connectivity index (χ2n) is 4.85. The average Bonchev–Trinajstić information content (AvgIpc) is 3.17. The normalized spacial score (nSPS) is 13.8. The number of carbonyl (C=O) groups excluding carboxylic acids is 1. The first-order valence-electron chi connectivity index (χ1n) is 7.04. The van der Waals surface area contributed by atoms with Crippen LogP contribution in [0.4, 0.5) is 0 Å². The summed E-state index contributed by atoms with van der Waals surface area (Å²) >= 11 is 0. The predicted molar refractivity (Wildman–Crippen MR) is 89.1 cm³/mol. The standard InChI is InChI=1S/C9H11NO3.C9H6O2/c1-12-7-5-3-4-6(9(10)11)8(7)13-2;10-9(11)8-5-4-6-2-1-3-7(6)8/h3-5H,1-2H3,(H2,10,11);1-5H,(H,10,11). The molecule has 2 aliphatic carbocycles. The number of rotatable bonds is 4. The van der Waals surface area contributed by atoms with Crippen LogP contribution in [0.15, 0.2) is 65.3 Å². The van der Waals surface area contributed by atoms with Gasteiger partial charge in [0.25, 0.3) is 5.91 Å². The Balaban J connectivity index is 0.000000175. The van der Waals surface area contributed by atoms with Crippen molar-refractivity contribution in [3.8, 4) is 11.5 Å². The molecule has 0 radical (unpaired) electrons. The fourth-order valence-electron chi connectivity index (χ4n) is 2.36. The van der Waals surface area contributed by atoms with Crippen molar-refractivity contribution in [1.29, 1.82) is 0 Å². The van der Waals surface area contributed by atoms with Crippen molar-refractivity contribution >= 4 is 11.9 Å². The monoisotopic (exact) mass is 327 g/mol. The topological polar surface area (TPSA) is 98.9 Å². The minimum atomic E-state index is -0.855. The molecule has 0 bridgehead atoms. The SMILES string of the molecule is COc1cccc(C(N)=O)c1OC.O=C(O)C1=CC=C2C=CC=C21. The summed E-state index contributed by atoms with van der Waals surface area (Å²) in [6, 6.07) is 4.97. The molecule has 24 heavy (non-hydrogen) atoms. The van der Waals surface area contributed by atoms with Gasteiger partial charge in [-0.2, -0.15) is 0 Å². The zero-order valence-corrected chi connectivity index (χ0v) is 13.3. The van der Waals surface area contributed by atoms with E-state index in [4.69, 9.17) is 20.3 Å². The summed E-state index contributed by atoms with van der Waals surface area (Å²) in [5.41, 5.74) is 7.69. The molecule has 0 unspecified atom stereocenters. The first-order valence-corrected chi connectivity index (χ1v) is 7.04. The van der Waals surface area contributed by atoms with Gasteiger partial charge in [-0.05, 0) is 29.4 Å². The van der Waals surface area contributed by atoms with Crippen LogP contribution in [0, 0.1) is 0 Å². The van der Waals surface area contributed by atoms with Gasteiger partial charge in [0.05, 0.1) is 25.4 Å². The number of carboxylic acid groups (broad SMARTS) is 1. The van der Waals surface area contributed by atoms with Gasteiger partial charge in [-0.25, -0.2) is 4.79 Å². The zero-order valence-electron chi connectivity index (χ0n) is 13.3. The number of carboxylic acids is 1. The Morgan fingerprint density at radius 2 is 1.83 bits per heavy atom. The van der Waals surface area contributed by atoms with Crippen molar-refractivity contribution in [2.45, 2.75) is 0 Å². The van der Waals surface area contributed by atoms with Crippen LogP contribution in [0.3, 0.4) is 0 Å². The minimum absolute atomic E-state index is 0.321. The van der Waals surface area contributed by atoms with E-state index in [0.29, 0.717) is 22.6 Å². The lowest BCUT2D eigenvalue weighted by atomic mass is 10.1. The molecule has 0 aliphatic heterocycles. The van der Waals surface area contributed by atoms with E-state index in [1.165, 1.54) is 14.2 Å². The van der Waals surface area contributed by atoms with Gasteiger partial charge in [-0.1, -0.05) is 30.4 Å². The van der Waals surface area contributed by atoms with Gasteiger partial charge in [0.15, 0.2) is 11.5 Å². The zero-order chi connectivity index (χ0) is 17.7. The number of hydrogen-bond acceptors (Lipinski definition) is 4. The summed E-state index contributed by atoms with van der Waals surface area (Å²) in [7, 11) is 2.97. The number of primary amides is 1. The van der Waals surface area contributed by atoms with Gasteiger partial charge in [-0.15, -0.1) is 0 Å². The van der Waals surface area contributed by atoms with Crippen LogP contribution in [-0.2, 0) is 4.79 Å². The molecule has 3 N–H and O–H groups in total. The molecular formula is C18H17NO5. The second kappa shape index (κ2) is 7.32. The average molecular weight is 327 g/mol. The van der Waals surface area contributed by atoms with E-state index in [-0.39, 0.29) is 0 Å². The quantitative estimate of drug-likeness (QED) is 0.883. The highest BCUT2D eigenvalue weighted by molar-refractivity contribution is 5.97. The highest BCUT2D eigenvalue weighted by atomic mass is 16.5.